The molecule has 2 aliphatic rings. The Kier molecular flexibility index (Phi) is 8.49. The third kappa shape index (κ3) is 5.88. The van der Waals surface area contributed by atoms with Crippen LogP contribution in [0.4, 0.5) is 5.69 Å². The molecule has 2 aromatic carbocycles. The lowest BCUT2D eigenvalue weighted by Crippen LogP contribution is -2.37. The first-order valence-electron chi connectivity index (χ1n) is 13.6. The monoisotopic (exact) mass is 536 g/mol. The Labute approximate surface area is 230 Å². The van der Waals surface area contributed by atoms with Crippen LogP contribution >= 0.6 is 0 Å². The molecular formula is C30H40N4O5. The minimum Gasteiger partial charge on any atom is -0.493 e. The highest BCUT2D eigenvalue weighted by molar-refractivity contribution is 6.08. The zero-order chi connectivity index (χ0) is 28.3. The van der Waals surface area contributed by atoms with Crippen LogP contribution in [0, 0.1) is 5.41 Å². The van der Waals surface area contributed by atoms with Gasteiger partial charge in [-0.3, -0.25) is 15.0 Å². The van der Waals surface area contributed by atoms with Crippen LogP contribution in [0.5, 0.6) is 11.5 Å². The number of carbonyl (C=O) groups excluding carboxylic acids is 2. The van der Waals surface area contributed by atoms with E-state index in [0.717, 1.165) is 35.7 Å². The van der Waals surface area contributed by atoms with Gasteiger partial charge in [0.15, 0.2) is 5.78 Å². The van der Waals surface area contributed by atoms with E-state index in [-0.39, 0.29) is 29.5 Å². The first-order chi connectivity index (χ1) is 18.6. The maximum Gasteiger partial charge on any atom is 0.254 e. The molecule has 9 heteroatoms. The molecular weight excluding hydrogens is 496 g/mol. The summed E-state index contributed by atoms with van der Waals surface area (Å²) in [4.78, 5) is 30.2. The van der Waals surface area contributed by atoms with Crippen molar-refractivity contribution in [3.05, 3.63) is 52.1 Å². The fourth-order valence-corrected chi connectivity index (χ4v) is 5.08. The molecule has 9 nitrogen and oxygen atoms in total. The van der Waals surface area contributed by atoms with Gasteiger partial charge in [0.1, 0.15) is 17.3 Å². The highest BCUT2D eigenvalue weighted by Gasteiger charge is 2.31. The molecule has 2 heterocycles. The summed E-state index contributed by atoms with van der Waals surface area (Å²) in [5.74, 6) is 1.17. The van der Waals surface area contributed by atoms with Gasteiger partial charge in [0.05, 0.1) is 44.2 Å². The molecule has 4 rings (SSSR count). The van der Waals surface area contributed by atoms with Gasteiger partial charge in [-0.25, -0.2) is 0 Å². The van der Waals surface area contributed by atoms with Gasteiger partial charge in [-0.1, -0.05) is 20.8 Å². The standard InChI is InChI=1S/C30H40N4O5/c1-7-38-26-15-20-17-34(28(31)21(20)16-22(26)29(36)32-6)18-25(35)19-13-23(30(3,4)5)27(39-8-2)24(14-19)33-9-11-37-12-10-33/h13-16,31H,7-12,17-18H2,1-6H3,(H,32,36). The third-order valence-corrected chi connectivity index (χ3v) is 7.08. The zero-order valence-electron chi connectivity index (χ0n) is 23.9. The summed E-state index contributed by atoms with van der Waals surface area (Å²) >= 11 is 0. The molecule has 0 atom stereocenters. The maximum absolute atomic E-state index is 13.8. The number of Topliss-reactive ketones (excluding diaryl/α,β-unsaturated/α-hetero) is 1. The van der Waals surface area contributed by atoms with E-state index >= 15 is 0 Å². The van der Waals surface area contributed by atoms with Gasteiger partial charge >= 0.3 is 0 Å². The highest BCUT2D eigenvalue weighted by Crippen LogP contribution is 2.41. The molecule has 0 unspecified atom stereocenters. The van der Waals surface area contributed by atoms with Gasteiger partial charge in [-0.15, -0.1) is 0 Å². The number of amides is 1. The molecule has 0 spiro atoms. The van der Waals surface area contributed by atoms with E-state index in [4.69, 9.17) is 19.6 Å². The quantitative estimate of drug-likeness (QED) is 0.467. The van der Waals surface area contributed by atoms with Crippen LogP contribution in [0.2, 0.25) is 0 Å². The normalized spacial score (nSPS) is 15.3. The lowest BCUT2D eigenvalue weighted by molar-refractivity contribution is 0.0953. The fraction of sp³-hybridized carbons (Fsp3) is 0.500. The van der Waals surface area contributed by atoms with Crippen molar-refractivity contribution in [1.29, 1.82) is 5.41 Å². The van der Waals surface area contributed by atoms with Crippen LogP contribution in [-0.4, -0.2) is 75.5 Å². The van der Waals surface area contributed by atoms with Crippen LogP contribution in [0.3, 0.4) is 0 Å². The summed E-state index contributed by atoms with van der Waals surface area (Å²) in [5.41, 5.74) is 4.12. The molecule has 1 saturated heterocycles. The number of rotatable bonds is 9. The predicted molar refractivity (Wildman–Crippen MR) is 152 cm³/mol. The van der Waals surface area contributed by atoms with E-state index in [2.05, 4.69) is 31.0 Å². The van der Waals surface area contributed by atoms with Crippen LogP contribution in [0.1, 0.15) is 72.0 Å². The SMILES string of the molecule is CCOc1cc2c(cc1C(=O)NC)C(=N)N(CC(=O)c1cc(N3CCOCC3)c(OCC)c(C(C)(C)C)c1)C2. The highest BCUT2D eigenvalue weighted by atomic mass is 16.5. The van der Waals surface area contributed by atoms with E-state index in [9.17, 15) is 9.59 Å². The first-order valence-corrected chi connectivity index (χ1v) is 13.6. The summed E-state index contributed by atoms with van der Waals surface area (Å²) in [6, 6.07) is 7.38. The molecule has 0 radical (unpaired) electrons. The fourth-order valence-electron chi connectivity index (χ4n) is 5.08. The number of nitrogens with zero attached hydrogens (tertiary/aromatic N) is 2. The molecule has 0 aromatic heterocycles. The van der Waals surface area contributed by atoms with Crippen LogP contribution in [-0.2, 0) is 16.7 Å². The molecule has 2 N–H and O–H groups in total. The van der Waals surface area contributed by atoms with Gasteiger partial charge in [0.2, 0.25) is 0 Å². The number of ether oxygens (including phenoxy) is 3. The number of anilines is 1. The van der Waals surface area contributed by atoms with Crippen molar-refractivity contribution in [3.63, 3.8) is 0 Å². The third-order valence-electron chi connectivity index (χ3n) is 7.08. The zero-order valence-corrected chi connectivity index (χ0v) is 23.9. The number of hydrogen-bond donors (Lipinski definition) is 2. The van der Waals surface area contributed by atoms with Gasteiger partial charge in [-0.05, 0) is 49.1 Å². The number of benzene rings is 2. The van der Waals surface area contributed by atoms with Crippen molar-refractivity contribution in [1.82, 2.24) is 10.2 Å². The number of morpholine rings is 1. The van der Waals surface area contributed by atoms with Crippen molar-refractivity contribution in [2.75, 3.05) is 58.0 Å². The lowest BCUT2D eigenvalue weighted by Gasteiger charge is -2.33. The molecule has 1 fully saturated rings. The molecule has 0 bridgehead atoms. The van der Waals surface area contributed by atoms with Crippen molar-refractivity contribution in [2.24, 2.45) is 0 Å². The molecule has 1 amide bonds. The van der Waals surface area contributed by atoms with Crippen LogP contribution in [0.15, 0.2) is 24.3 Å². The summed E-state index contributed by atoms with van der Waals surface area (Å²) in [6.45, 7) is 14.3. The average Bonchev–Trinajstić information content (AvgIpc) is 3.21. The first kappa shape index (κ1) is 28.4. The minimum atomic E-state index is -0.275. The van der Waals surface area contributed by atoms with Crippen molar-refractivity contribution in [3.8, 4) is 11.5 Å². The van der Waals surface area contributed by atoms with Crippen molar-refractivity contribution in [2.45, 2.75) is 46.6 Å². The number of carbonyl (C=O) groups is 2. The summed E-state index contributed by atoms with van der Waals surface area (Å²) < 4.78 is 17.4. The number of amidine groups is 1. The Morgan fingerprint density at radius 2 is 1.74 bits per heavy atom. The Morgan fingerprint density at radius 1 is 1.05 bits per heavy atom. The molecule has 2 aromatic rings. The van der Waals surface area contributed by atoms with E-state index in [1.807, 2.05) is 32.0 Å². The Balaban J connectivity index is 1.67. The predicted octanol–water partition coefficient (Wildman–Crippen LogP) is 4.00. The Morgan fingerprint density at radius 3 is 2.36 bits per heavy atom. The Bertz CT molecular complexity index is 1260. The maximum atomic E-state index is 13.8. The second-order valence-electron chi connectivity index (χ2n) is 10.8. The van der Waals surface area contributed by atoms with Gasteiger partial charge < -0.3 is 29.3 Å². The second-order valence-corrected chi connectivity index (χ2v) is 10.8. The molecule has 0 saturated carbocycles. The van der Waals surface area contributed by atoms with E-state index in [1.54, 1.807) is 18.0 Å². The van der Waals surface area contributed by atoms with Gasteiger partial charge in [-0.2, -0.15) is 0 Å². The largest absolute Gasteiger partial charge is 0.493 e. The topological polar surface area (TPSA) is 104 Å². The minimum absolute atomic E-state index is 0.0485. The van der Waals surface area contributed by atoms with Gasteiger partial charge in [0.25, 0.3) is 5.91 Å². The number of nitrogens with one attached hydrogen (secondary N) is 2. The smallest absolute Gasteiger partial charge is 0.254 e. The van der Waals surface area contributed by atoms with Crippen LogP contribution < -0.4 is 19.7 Å². The molecule has 210 valence electrons. The summed E-state index contributed by atoms with van der Waals surface area (Å²) in [6.07, 6.45) is 0. The van der Waals surface area contributed by atoms with E-state index in [1.165, 1.54) is 0 Å². The molecule has 39 heavy (non-hydrogen) atoms. The average molecular weight is 537 g/mol. The number of ketones is 1. The Hall–Kier alpha value is -3.59. The lowest BCUT2D eigenvalue weighted by atomic mass is 9.84. The second kappa shape index (κ2) is 11.7. The molecule has 2 aliphatic heterocycles. The number of hydrogen-bond acceptors (Lipinski definition) is 7. The van der Waals surface area contributed by atoms with E-state index < -0.39 is 0 Å². The van der Waals surface area contributed by atoms with E-state index in [0.29, 0.717) is 55.4 Å². The summed E-state index contributed by atoms with van der Waals surface area (Å²) in [7, 11) is 1.56. The van der Waals surface area contributed by atoms with Gasteiger partial charge in [0, 0.05) is 43.4 Å². The summed E-state index contributed by atoms with van der Waals surface area (Å²) in [5, 5.41) is 11.4. The molecule has 0 aliphatic carbocycles. The van der Waals surface area contributed by atoms with Crippen LogP contribution in [0.25, 0.3) is 0 Å². The number of fused-ring (bicyclic) bond motifs is 1. The van der Waals surface area contributed by atoms with Crippen molar-refractivity contribution < 1.29 is 23.8 Å². The van der Waals surface area contributed by atoms with Crippen molar-refractivity contribution >= 4 is 23.2 Å².